The van der Waals surface area contributed by atoms with Crippen LogP contribution < -0.4 is 5.32 Å². The Morgan fingerprint density at radius 2 is 1.67 bits per heavy atom. The van der Waals surface area contributed by atoms with Gasteiger partial charge in [-0.25, -0.2) is 4.39 Å². The molecule has 2 aliphatic rings. The van der Waals surface area contributed by atoms with Crippen molar-refractivity contribution in [3.8, 4) is 11.1 Å². The second-order valence-corrected chi connectivity index (χ2v) is 8.59. The Morgan fingerprint density at radius 1 is 1.07 bits per heavy atom. The molecule has 0 saturated heterocycles. The zero-order chi connectivity index (χ0) is 21.6. The first-order chi connectivity index (χ1) is 14.3. The van der Waals surface area contributed by atoms with Gasteiger partial charge in [-0.05, 0) is 92.0 Å². The molecule has 1 spiro atoms. The molecule has 5 heteroatoms. The molecule has 4 rings (SSSR count). The summed E-state index contributed by atoms with van der Waals surface area (Å²) in [4.78, 5) is 13.1. The number of ether oxygens (including phenoxy) is 1. The molecular formula is C25H28FNO3. The van der Waals surface area contributed by atoms with Crippen LogP contribution >= 0.6 is 0 Å². The van der Waals surface area contributed by atoms with E-state index in [0.717, 1.165) is 46.2 Å². The summed E-state index contributed by atoms with van der Waals surface area (Å²) in [5, 5.41) is 14.3. The van der Waals surface area contributed by atoms with E-state index in [4.69, 9.17) is 4.74 Å². The van der Waals surface area contributed by atoms with Crippen LogP contribution in [0.2, 0.25) is 0 Å². The second kappa shape index (κ2) is 7.55. The van der Waals surface area contributed by atoms with Gasteiger partial charge in [-0.2, -0.15) is 0 Å². The first-order valence-electron chi connectivity index (χ1n) is 10.4. The highest BCUT2D eigenvalue weighted by atomic mass is 19.1. The average molecular weight is 410 g/mol. The minimum Gasteiger partial charge on any atom is -0.509 e. The van der Waals surface area contributed by atoms with Crippen LogP contribution in [0.3, 0.4) is 0 Å². The second-order valence-electron chi connectivity index (χ2n) is 8.59. The zero-order valence-corrected chi connectivity index (χ0v) is 17.9. The van der Waals surface area contributed by atoms with Gasteiger partial charge in [0, 0.05) is 7.11 Å². The fraction of sp³-hybridized carbons (Fsp3) is 0.400. The number of nitrogens with one attached hydrogen (secondary N) is 1. The number of rotatable bonds is 3. The molecule has 1 heterocycles. The van der Waals surface area contributed by atoms with Gasteiger partial charge in [-0.3, -0.25) is 4.79 Å². The lowest BCUT2D eigenvalue weighted by molar-refractivity contribution is -0.116. The Kier molecular flexibility index (Phi) is 5.18. The lowest BCUT2D eigenvalue weighted by Crippen LogP contribution is -2.48. The summed E-state index contributed by atoms with van der Waals surface area (Å²) in [5.41, 5.74) is 5.18. The molecule has 158 valence electrons. The standard InChI is InChI=1S/C25H28FNO3/c1-14-13-15(2)21(16(3)20(14)17-5-7-18(26)8-6-17)22-23(28)25(27-24(22)29)11-9-19(30-4)10-12-25/h5-8,13,19,28H,9-12H2,1-4H3,(H,27,29)/t19-,25+. The van der Waals surface area contributed by atoms with Crippen LogP contribution in [0.25, 0.3) is 16.7 Å². The maximum atomic E-state index is 13.4. The molecule has 0 radical (unpaired) electrons. The molecule has 2 aromatic rings. The number of carbonyl (C=O) groups excluding carboxylic acids is 1. The van der Waals surface area contributed by atoms with Gasteiger partial charge < -0.3 is 15.2 Å². The third-order valence-electron chi connectivity index (χ3n) is 6.74. The van der Waals surface area contributed by atoms with Crippen LogP contribution in [-0.4, -0.2) is 29.8 Å². The lowest BCUT2D eigenvalue weighted by Gasteiger charge is -2.36. The molecule has 1 fully saturated rings. The minimum absolute atomic E-state index is 0.141. The molecule has 30 heavy (non-hydrogen) atoms. The van der Waals surface area contributed by atoms with Gasteiger partial charge in [0.1, 0.15) is 11.6 Å². The highest BCUT2D eigenvalue weighted by Crippen LogP contribution is 2.44. The van der Waals surface area contributed by atoms with E-state index in [9.17, 15) is 14.3 Å². The number of benzene rings is 2. The third-order valence-corrected chi connectivity index (χ3v) is 6.74. The summed E-state index contributed by atoms with van der Waals surface area (Å²) in [7, 11) is 1.70. The zero-order valence-electron chi connectivity index (χ0n) is 17.9. The van der Waals surface area contributed by atoms with E-state index in [2.05, 4.69) is 5.32 Å². The molecule has 2 aromatic carbocycles. The number of aliphatic hydroxyl groups is 1. The average Bonchev–Trinajstić information content (AvgIpc) is 2.94. The minimum atomic E-state index is -0.707. The van der Waals surface area contributed by atoms with Gasteiger partial charge in [0.2, 0.25) is 0 Å². The molecule has 0 aromatic heterocycles. The Hall–Kier alpha value is -2.66. The molecule has 1 aliphatic heterocycles. The molecule has 4 nitrogen and oxygen atoms in total. The van der Waals surface area contributed by atoms with E-state index >= 15 is 0 Å². The summed E-state index contributed by atoms with van der Waals surface area (Å²) < 4.78 is 18.9. The van der Waals surface area contributed by atoms with Crippen molar-refractivity contribution in [2.75, 3.05) is 7.11 Å². The van der Waals surface area contributed by atoms with Crippen LogP contribution in [0, 0.1) is 26.6 Å². The number of hydrogen-bond acceptors (Lipinski definition) is 3. The topological polar surface area (TPSA) is 58.6 Å². The van der Waals surface area contributed by atoms with Crippen LogP contribution in [0.5, 0.6) is 0 Å². The predicted molar refractivity (Wildman–Crippen MR) is 116 cm³/mol. The maximum Gasteiger partial charge on any atom is 0.256 e. The van der Waals surface area contributed by atoms with E-state index < -0.39 is 5.54 Å². The Labute approximate surface area is 176 Å². The summed E-state index contributed by atoms with van der Waals surface area (Å²) in [6, 6.07) is 8.41. The Morgan fingerprint density at radius 3 is 2.27 bits per heavy atom. The number of amides is 1. The SMILES string of the molecule is CO[C@H]1CC[C@]2(CC1)NC(=O)C(c1c(C)cc(C)c(-c3ccc(F)cc3)c1C)=C2O. The molecule has 1 aliphatic carbocycles. The van der Waals surface area contributed by atoms with Crippen molar-refractivity contribution < 1.29 is 19.0 Å². The van der Waals surface area contributed by atoms with Crippen LogP contribution in [0.1, 0.15) is 47.9 Å². The summed E-state index contributed by atoms with van der Waals surface area (Å²) in [5.74, 6) is -0.379. The molecular weight excluding hydrogens is 381 g/mol. The highest BCUT2D eigenvalue weighted by molar-refractivity contribution is 6.24. The van der Waals surface area contributed by atoms with Gasteiger partial charge in [-0.1, -0.05) is 18.2 Å². The van der Waals surface area contributed by atoms with Crippen molar-refractivity contribution in [1.82, 2.24) is 5.32 Å². The first kappa shape index (κ1) is 20.6. The van der Waals surface area contributed by atoms with E-state index in [1.807, 2.05) is 26.8 Å². The third kappa shape index (κ3) is 3.21. The molecule has 0 atom stereocenters. The van der Waals surface area contributed by atoms with E-state index in [0.29, 0.717) is 18.4 Å². The number of hydrogen-bond donors (Lipinski definition) is 2. The smallest absolute Gasteiger partial charge is 0.256 e. The highest BCUT2D eigenvalue weighted by Gasteiger charge is 2.48. The fourth-order valence-corrected chi connectivity index (χ4v) is 5.23. The normalized spacial score (nSPS) is 23.9. The van der Waals surface area contributed by atoms with Gasteiger partial charge in [0.15, 0.2) is 0 Å². The lowest BCUT2D eigenvalue weighted by atomic mass is 9.78. The van der Waals surface area contributed by atoms with Gasteiger partial charge in [0.25, 0.3) is 5.91 Å². The fourth-order valence-electron chi connectivity index (χ4n) is 5.23. The van der Waals surface area contributed by atoms with Gasteiger partial charge in [0.05, 0.1) is 17.2 Å². The summed E-state index contributed by atoms with van der Waals surface area (Å²) in [6.07, 6.45) is 3.06. The number of carbonyl (C=O) groups is 1. The quantitative estimate of drug-likeness (QED) is 0.738. The Balaban J connectivity index is 1.85. The number of aryl methyl sites for hydroxylation is 2. The van der Waals surface area contributed by atoms with Gasteiger partial charge >= 0.3 is 0 Å². The van der Waals surface area contributed by atoms with Crippen LogP contribution in [-0.2, 0) is 9.53 Å². The van der Waals surface area contributed by atoms with Crippen molar-refractivity contribution in [1.29, 1.82) is 0 Å². The van der Waals surface area contributed by atoms with Crippen LogP contribution in [0.4, 0.5) is 4.39 Å². The van der Waals surface area contributed by atoms with E-state index in [-0.39, 0.29) is 23.6 Å². The Bertz CT molecular complexity index is 1030. The van der Waals surface area contributed by atoms with Crippen molar-refractivity contribution in [2.45, 2.75) is 58.1 Å². The van der Waals surface area contributed by atoms with E-state index in [1.54, 1.807) is 19.2 Å². The summed E-state index contributed by atoms with van der Waals surface area (Å²) >= 11 is 0. The first-order valence-corrected chi connectivity index (χ1v) is 10.4. The largest absolute Gasteiger partial charge is 0.509 e. The maximum absolute atomic E-state index is 13.4. The number of halogens is 1. The molecule has 0 bridgehead atoms. The predicted octanol–water partition coefficient (Wildman–Crippen LogP) is 5.14. The van der Waals surface area contributed by atoms with Gasteiger partial charge in [-0.15, -0.1) is 0 Å². The van der Waals surface area contributed by atoms with Crippen molar-refractivity contribution in [2.24, 2.45) is 0 Å². The van der Waals surface area contributed by atoms with Crippen LogP contribution in [0.15, 0.2) is 36.1 Å². The van der Waals surface area contributed by atoms with E-state index in [1.165, 1.54) is 12.1 Å². The van der Waals surface area contributed by atoms with Crippen molar-refractivity contribution in [3.63, 3.8) is 0 Å². The number of methoxy groups -OCH3 is 1. The van der Waals surface area contributed by atoms with Crippen molar-refractivity contribution >= 4 is 11.5 Å². The molecule has 1 amide bonds. The monoisotopic (exact) mass is 409 g/mol. The molecule has 1 saturated carbocycles. The molecule has 0 unspecified atom stereocenters. The van der Waals surface area contributed by atoms with Crippen molar-refractivity contribution in [3.05, 3.63) is 64.2 Å². The summed E-state index contributed by atoms with van der Waals surface area (Å²) in [6.45, 7) is 5.94. The molecule has 2 N–H and O–H groups in total. The number of aliphatic hydroxyl groups excluding tert-OH is 1.